The molecular weight excluding hydrogens is 259 g/mol. The van der Waals surface area contributed by atoms with E-state index < -0.39 is 0 Å². The Morgan fingerprint density at radius 2 is 1.75 bits per heavy atom. The van der Waals surface area contributed by atoms with Gasteiger partial charge < -0.3 is 16.4 Å². The summed E-state index contributed by atoms with van der Waals surface area (Å²) in [6.45, 7) is 3.29. The van der Waals surface area contributed by atoms with Crippen molar-refractivity contribution in [2.45, 2.75) is 19.9 Å². The predicted octanol–water partition coefficient (Wildman–Crippen LogP) is 2.52. The van der Waals surface area contributed by atoms with Crippen molar-refractivity contribution in [1.29, 1.82) is 0 Å². The molecule has 0 radical (unpaired) electrons. The van der Waals surface area contributed by atoms with E-state index in [0.29, 0.717) is 18.4 Å². The Balaban J connectivity index is 0.00000220. The van der Waals surface area contributed by atoms with E-state index >= 15 is 0 Å². The fourth-order valence-electron chi connectivity index (χ4n) is 1.57. The van der Waals surface area contributed by atoms with Gasteiger partial charge in [0.1, 0.15) is 5.82 Å². The molecule has 0 saturated carbocycles. The largest absolute Gasteiger partial charge is 0.368 e. The maximum atomic E-state index is 12.8. The van der Waals surface area contributed by atoms with Gasteiger partial charge in [0.15, 0.2) is 0 Å². The number of benzene rings is 1. The number of rotatable bonds is 6. The summed E-state index contributed by atoms with van der Waals surface area (Å²) < 4.78 is 12.8. The lowest BCUT2D eigenvalue weighted by molar-refractivity contribution is 0.627. The van der Waals surface area contributed by atoms with Crippen molar-refractivity contribution in [3.63, 3.8) is 0 Å². The van der Waals surface area contributed by atoms with Crippen molar-refractivity contribution in [3.8, 4) is 0 Å². The van der Waals surface area contributed by atoms with Crippen LogP contribution in [0, 0.1) is 5.82 Å². The molecule has 2 rings (SSSR count). The Morgan fingerprint density at radius 1 is 1.10 bits per heavy atom. The summed E-state index contributed by atoms with van der Waals surface area (Å²) in [4.78, 5) is 12.2. The molecule has 1 aromatic carbocycles. The van der Waals surface area contributed by atoms with Gasteiger partial charge in [0.25, 0.3) is 0 Å². The summed E-state index contributed by atoms with van der Waals surface area (Å²) in [7, 11) is 0. The number of hydrogen-bond donors (Lipinski definition) is 3. The smallest absolute Gasteiger partial charge is 0.229 e. The quantitative estimate of drug-likeness (QED) is 0.753. The van der Waals surface area contributed by atoms with Crippen LogP contribution in [0.5, 0.6) is 0 Å². The van der Waals surface area contributed by atoms with Crippen molar-refractivity contribution in [2.75, 3.05) is 22.9 Å². The molecule has 0 spiro atoms. The van der Waals surface area contributed by atoms with Gasteiger partial charge in [0, 0.05) is 15.9 Å². The fraction of sp³-hybridized carbons (Fsp3) is 0.308. The number of nitrogen functional groups attached to an aromatic ring is 1. The number of aromatic nitrogens is 3. The summed E-state index contributed by atoms with van der Waals surface area (Å²) >= 11 is 0. The molecule has 1 aromatic heterocycles. The number of nitrogens with one attached hydrogen (secondary N) is 2. The number of nitrogens with zero attached hydrogens (tertiary/aromatic N) is 3. The number of halogens is 1. The lowest BCUT2D eigenvalue weighted by Gasteiger charge is -2.08. The maximum Gasteiger partial charge on any atom is 0.229 e. The standard InChI is InChI=1S/C13H17FN6.2H2/c1-2-7-16-12-18-11(15)19-13(20-12)17-8-9-3-5-10(14)6-4-9;;/h3-6H,2,7-8H2,1H3,(H4,15,16,17,18,19,20);2*1H. The summed E-state index contributed by atoms with van der Waals surface area (Å²) in [5.41, 5.74) is 6.55. The van der Waals surface area contributed by atoms with Crippen LogP contribution in [0.3, 0.4) is 0 Å². The fourth-order valence-corrected chi connectivity index (χ4v) is 1.57. The maximum absolute atomic E-state index is 12.8. The zero-order chi connectivity index (χ0) is 14.4. The third kappa shape index (κ3) is 4.04. The third-order valence-electron chi connectivity index (χ3n) is 2.55. The monoisotopic (exact) mass is 280 g/mol. The second-order valence-electron chi connectivity index (χ2n) is 4.25. The number of anilines is 3. The van der Waals surface area contributed by atoms with Gasteiger partial charge in [-0.3, -0.25) is 0 Å². The van der Waals surface area contributed by atoms with Crippen molar-refractivity contribution in [1.82, 2.24) is 15.0 Å². The molecule has 20 heavy (non-hydrogen) atoms. The Bertz CT molecular complexity index is 567. The van der Waals surface area contributed by atoms with Crippen LogP contribution in [0.2, 0.25) is 0 Å². The van der Waals surface area contributed by atoms with Crippen LogP contribution in [0.1, 0.15) is 21.8 Å². The van der Waals surface area contributed by atoms with E-state index in [2.05, 4.69) is 25.6 Å². The van der Waals surface area contributed by atoms with E-state index in [1.165, 1.54) is 12.1 Å². The molecule has 0 amide bonds. The first-order valence-electron chi connectivity index (χ1n) is 6.41. The molecule has 7 heteroatoms. The topological polar surface area (TPSA) is 88.8 Å². The van der Waals surface area contributed by atoms with E-state index in [1.807, 2.05) is 6.92 Å². The normalized spacial score (nSPS) is 10.3. The van der Waals surface area contributed by atoms with Crippen molar-refractivity contribution < 1.29 is 7.24 Å². The summed E-state index contributed by atoms with van der Waals surface area (Å²) in [5.74, 6) is 0.728. The Kier molecular flexibility index (Phi) is 4.65. The molecule has 0 saturated heterocycles. The zero-order valence-electron chi connectivity index (χ0n) is 11.2. The molecule has 1 heterocycles. The minimum absolute atomic E-state index is 0. The molecule has 2 aromatic rings. The van der Waals surface area contributed by atoms with Crippen LogP contribution < -0.4 is 16.4 Å². The highest BCUT2D eigenvalue weighted by Gasteiger charge is 2.03. The van der Waals surface area contributed by atoms with Crippen molar-refractivity contribution >= 4 is 17.8 Å². The van der Waals surface area contributed by atoms with Crippen LogP contribution in [0.15, 0.2) is 24.3 Å². The molecule has 110 valence electrons. The molecule has 0 atom stereocenters. The van der Waals surface area contributed by atoms with Gasteiger partial charge >= 0.3 is 0 Å². The third-order valence-corrected chi connectivity index (χ3v) is 2.55. The minimum Gasteiger partial charge on any atom is -0.368 e. The highest BCUT2D eigenvalue weighted by Crippen LogP contribution is 2.09. The first-order valence-corrected chi connectivity index (χ1v) is 6.41. The van der Waals surface area contributed by atoms with Crippen LogP contribution in [-0.4, -0.2) is 21.5 Å². The van der Waals surface area contributed by atoms with Gasteiger partial charge in [-0.25, -0.2) is 4.39 Å². The number of nitrogens with two attached hydrogens (primary N) is 1. The van der Waals surface area contributed by atoms with Gasteiger partial charge in [-0.2, -0.15) is 15.0 Å². The molecule has 0 unspecified atom stereocenters. The number of hydrogen-bond acceptors (Lipinski definition) is 6. The lowest BCUT2D eigenvalue weighted by atomic mass is 10.2. The van der Waals surface area contributed by atoms with E-state index in [-0.39, 0.29) is 14.6 Å². The van der Waals surface area contributed by atoms with Gasteiger partial charge in [-0.05, 0) is 24.1 Å². The van der Waals surface area contributed by atoms with Gasteiger partial charge in [0.05, 0.1) is 0 Å². The van der Waals surface area contributed by atoms with E-state index in [0.717, 1.165) is 18.5 Å². The first-order chi connectivity index (χ1) is 9.67. The average molecular weight is 280 g/mol. The zero-order valence-corrected chi connectivity index (χ0v) is 11.2. The van der Waals surface area contributed by atoms with E-state index in [9.17, 15) is 4.39 Å². The second-order valence-corrected chi connectivity index (χ2v) is 4.25. The van der Waals surface area contributed by atoms with E-state index in [4.69, 9.17) is 5.73 Å². The molecule has 4 N–H and O–H groups in total. The van der Waals surface area contributed by atoms with Crippen LogP contribution in [0.4, 0.5) is 22.2 Å². The highest BCUT2D eigenvalue weighted by atomic mass is 19.1. The van der Waals surface area contributed by atoms with Crippen molar-refractivity contribution in [2.24, 2.45) is 0 Å². The first kappa shape index (κ1) is 14.0. The summed E-state index contributed by atoms with van der Waals surface area (Å²) in [6, 6.07) is 6.21. The molecule has 0 bridgehead atoms. The Labute approximate surface area is 119 Å². The lowest BCUT2D eigenvalue weighted by Crippen LogP contribution is -2.11. The van der Waals surface area contributed by atoms with E-state index in [1.54, 1.807) is 12.1 Å². The van der Waals surface area contributed by atoms with Gasteiger partial charge in [-0.15, -0.1) is 0 Å². The molecule has 0 fully saturated rings. The van der Waals surface area contributed by atoms with Gasteiger partial charge in [-0.1, -0.05) is 19.1 Å². The predicted molar refractivity (Wildman–Crippen MR) is 81.0 cm³/mol. The summed E-state index contributed by atoms with van der Waals surface area (Å²) in [5, 5.41) is 6.08. The highest BCUT2D eigenvalue weighted by molar-refractivity contribution is 5.40. The van der Waals surface area contributed by atoms with Gasteiger partial charge in [0.2, 0.25) is 17.8 Å². The molecule has 0 aliphatic carbocycles. The SMILES string of the molecule is CCCNc1nc(N)nc(NCc2ccc(F)cc2)n1.[HH].[HH]. The molecule has 0 aliphatic heterocycles. The molecule has 0 aliphatic rings. The summed E-state index contributed by atoms with van der Waals surface area (Å²) in [6.07, 6.45) is 0.962. The average Bonchev–Trinajstić information content (AvgIpc) is 2.44. The van der Waals surface area contributed by atoms with Crippen molar-refractivity contribution in [3.05, 3.63) is 35.6 Å². The second kappa shape index (κ2) is 6.65. The van der Waals surface area contributed by atoms with Crippen LogP contribution >= 0.6 is 0 Å². The Morgan fingerprint density at radius 3 is 2.40 bits per heavy atom. The minimum atomic E-state index is -0.260. The van der Waals surface area contributed by atoms with Crippen LogP contribution in [0.25, 0.3) is 0 Å². The van der Waals surface area contributed by atoms with Crippen LogP contribution in [-0.2, 0) is 6.54 Å². The molecular formula is C13H21FN6. The Hall–Kier alpha value is -2.44. The molecule has 6 nitrogen and oxygen atoms in total.